The summed E-state index contributed by atoms with van der Waals surface area (Å²) in [7, 11) is 0. The SMILES string of the molecule is C=C(C(=O)Oc1ccccc1Cl)C(F)(F)F. The Morgan fingerprint density at radius 1 is 1.31 bits per heavy atom. The van der Waals surface area contributed by atoms with Gasteiger partial charge in [-0.25, -0.2) is 4.79 Å². The van der Waals surface area contributed by atoms with Crippen LogP contribution in [0.2, 0.25) is 5.02 Å². The maximum Gasteiger partial charge on any atom is 0.422 e. The van der Waals surface area contributed by atoms with E-state index in [0.717, 1.165) is 0 Å². The summed E-state index contributed by atoms with van der Waals surface area (Å²) in [5.41, 5.74) is -1.58. The Hall–Kier alpha value is -1.49. The molecule has 0 heterocycles. The van der Waals surface area contributed by atoms with Gasteiger partial charge in [0.05, 0.1) is 5.02 Å². The van der Waals surface area contributed by atoms with E-state index in [1.54, 1.807) is 6.07 Å². The molecular weight excluding hydrogens is 245 g/mol. The molecule has 1 aromatic rings. The van der Waals surface area contributed by atoms with Gasteiger partial charge in [0.25, 0.3) is 0 Å². The summed E-state index contributed by atoms with van der Waals surface area (Å²) in [6.07, 6.45) is -4.81. The summed E-state index contributed by atoms with van der Waals surface area (Å²) >= 11 is 5.60. The standard InChI is InChI=1S/C10H6ClF3O2/c1-6(10(12,13)14)9(15)16-8-5-3-2-4-7(8)11/h2-5H,1H2. The van der Waals surface area contributed by atoms with Crippen LogP contribution in [0.1, 0.15) is 0 Å². The highest BCUT2D eigenvalue weighted by atomic mass is 35.5. The molecule has 0 saturated carbocycles. The predicted molar refractivity (Wildman–Crippen MR) is 52.3 cm³/mol. The summed E-state index contributed by atoms with van der Waals surface area (Å²) in [6.45, 7) is 2.61. The Balaban J connectivity index is 2.81. The lowest BCUT2D eigenvalue weighted by Gasteiger charge is -2.10. The number of rotatable bonds is 2. The van der Waals surface area contributed by atoms with Crippen LogP contribution in [-0.2, 0) is 4.79 Å². The molecule has 0 bridgehead atoms. The lowest BCUT2D eigenvalue weighted by Crippen LogP contribution is -2.23. The van der Waals surface area contributed by atoms with Crippen LogP contribution in [-0.4, -0.2) is 12.1 Å². The second-order valence-electron chi connectivity index (χ2n) is 2.80. The van der Waals surface area contributed by atoms with Crippen molar-refractivity contribution in [3.05, 3.63) is 41.4 Å². The van der Waals surface area contributed by atoms with E-state index in [-0.39, 0.29) is 10.8 Å². The number of hydrogen-bond acceptors (Lipinski definition) is 2. The molecule has 0 unspecified atom stereocenters. The molecule has 0 spiro atoms. The topological polar surface area (TPSA) is 26.3 Å². The van der Waals surface area contributed by atoms with Crippen LogP contribution >= 0.6 is 11.6 Å². The second kappa shape index (κ2) is 4.57. The Morgan fingerprint density at radius 2 is 1.88 bits per heavy atom. The van der Waals surface area contributed by atoms with Gasteiger partial charge in [0.2, 0.25) is 0 Å². The maximum absolute atomic E-state index is 12.1. The van der Waals surface area contributed by atoms with E-state index in [4.69, 9.17) is 11.6 Å². The Labute approximate surface area is 94.3 Å². The van der Waals surface area contributed by atoms with Crippen LogP contribution < -0.4 is 4.74 Å². The first-order valence-electron chi connectivity index (χ1n) is 4.05. The zero-order chi connectivity index (χ0) is 12.3. The minimum absolute atomic E-state index is 0.0471. The van der Waals surface area contributed by atoms with Gasteiger partial charge >= 0.3 is 12.1 Å². The molecule has 0 fully saturated rings. The van der Waals surface area contributed by atoms with Crippen LogP contribution in [0.15, 0.2) is 36.4 Å². The van der Waals surface area contributed by atoms with Gasteiger partial charge in [0.15, 0.2) is 0 Å². The van der Waals surface area contributed by atoms with E-state index in [9.17, 15) is 18.0 Å². The Bertz CT molecular complexity index is 426. The molecular formula is C10H6ClF3O2. The number of benzene rings is 1. The summed E-state index contributed by atoms with van der Waals surface area (Å²) in [5, 5.41) is 0.0471. The van der Waals surface area contributed by atoms with Crippen LogP contribution in [0.5, 0.6) is 5.75 Å². The lowest BCUT2D eigenvalue weighted by atomic mass is 10.3. The molecule has 16 heavy (non-hydrogen) atoms. The van der Waals surface area contributed by atoms with Crippen molar-refractivity contribution in [3.8, 4) is 5.75 Å². The van der Waals surface area contributed by atoms with Crippen LogP contribution in [0.3, 0.4) is 0 Å². The molecule has 0 amide bonds. The van der Waals surface area contributed by atoms with Crippen molar-refractivity contribution < 1.29 is 22.7 Å². The Morgan fingerprint density at radius 3 is 2.38 bits per heavy atom. The molecule has 0 aliphatic rings. The molecule has 6 heteroatoms. The van der Waals surface area contributed by atoms with Gasteiger partial charge in [0, 0.05) is 0 Å². The molecule has 0 radical (unpaired) electrons. The number of ether oxygens (including phenoxy) is 1. The average molecular weight is 251 g/mol. The summed E-state index contributed by atoms with van der Waals surface area (Å²) in [4.78, 5) is 11.0. The number of carbonyl (C=O) groups is 1. The normalized spacial score (nSPS) is 11.0. The van der Waals surface area contributed by atoms with Crippen molar-refractivity contribution in [1.82, 2.24) is 0 Å². The van der Waals surface area contributed by atoms with E-state index in [1.165, 1.54) is 18.2 Å². The van der Waals surface area contributed by atoms with Crippen molar-refractivity contribution >= 4 is 17.6 Å². The number of halogens is 4. The van der Waals surface area contributed by atoms with Gasteiger partial charge < -0.3 is 4.74 Å². The van der Waals surface area contributed by atoms with Crippen molar-refractivity contribution in [2.75, 3.05) is 0 Å². The third-order valence-electron chi connectivity index (χ3n) is 1.63. The van der Waals surface area contributed by atoms with Gasteiger partial charge in [-0.05, 0) is 12.1 Å². The van der Waals surface area contributed by atoms with Gasteiger partial charge in [-0.1, -0.05) is 30.3 Å². The van der Waals surface area contributed by atoms with Crippen LogP contribution in [0.25, 0.3) is 0 Å². The first-order chi connectivity index (χ1) is 7.32. The molecule has 0 N–H and O–H groups in total. The fraction of sp³-hybridized carbons (Fsp3) is 0.100. The fourth-order valence-electron chi connectivity index (χ4n) is 0.805. The van der Waals surface area contributed by atoms with Gasteiger partial charge in [-0.2, -0.15) is 13.2 Å². The molecule has 0 saturated heterocycles. The highest BCUT2D eigenvalue weighted by Gasteiger charge is 2.38. The zero-order valence-corrected chi connectivity index (χ0v) is 8.60. The Kier molecular flexibility index (Phi) is 3.59. The molecule has 0 aliphatic carbocycles. The third kappa shape index (κ3) is 3.00. The smallest absolute Gasteiger partial charge is 0.421 e. The van der Waals surface area contributed by atoms with E-state index in [1.807, 2.05) is 0 Å². The van der Waals surface area contributed by atoms with Crippen molar-refractivity contribution in [1.29, 1.82) is 0 Å². The van der Waals surface area contributed by atoms with Crippen molar-refractivity contribution in [3.63, 3.8) is 0 Å². The lowest BCUT2D eigenvalue weighted by molar-refractivity contribution is -0.142. The molecule has 1 rings (SSSR count). The first-order valence-corrected chi connectivity index (χ1v) is 4.43. The number of esters is 1. The highest BCUT2D eigenvalue weighted by molar-refractivity contribution is 6.32. The highest BCUT2D eigenvalue weighted by Crippen LogP contribution is 2.28. The van der Waals surface area contributed by atoms with Gasteiger partial charge in [0.1, 0.15) is 11.3 Å². The maximum atomic E-state index is 12.1. The van der Waals surface area contributed by atoms with Crippen molar-refractivity contribution in [2.45, 2.75) is 6.18 Å². The number of hydrogen-bond donors (Lipinski definition) is 0. The number of para-hydroxylation sites is 1. The molecule has 0 aromatic heterocycles. The first kappa shape index (κ1) is 12.6. The minimum atomic E-state index is -4.81. The zero-order valence-electron chi connectivity index (χ0n) is 7.84. The van der Waals surface area contributed by atoms with E-state index in [0.29, 0.717) is 0 Å². The number of alkyl halides is 3. The second-order valence-corrected chi connectivity index (χ2v) is 3.20. The molecule has 0 aliphatic heterocycles. The average Bonchev–Trinajstić information content (AvgIpc) is 2.19. The third-order valence-corrected chi connectivity index (χ3v) is 1.94. The fourth-order valence-corrected chi connectivity index (χ4v) is 0.979. The summed E-state index contributed by atoms with van der Waals surface area (Å²) < 4.78 is 40.7. The van der Waals surface area contributed by atoms with E-state index in [2.05, 4.69) is 11.3 Å². The molecule has 1 aromatic carbocycles. The largest absolute Gasteiger partial charge is 0.422 e. The predicted octanol–water partition coefficient (Wildman–Crippen LogP) is 3.36. The molecule has 86 valence electrons. The van der Waals surface area contributed by atoms with E-state index < -0.39 is 17.7 Å². The van der Waals surface area contributed by atoms with Crippen LogP contribution in [0.4, 0.5) is 13.2 Å². The van der Waals surface area contributed by atoms with Crippen LogP contribution in [0, 0.1) is 0 Å². The van der Waals surface area contributed by atoms with Gasteiger partial charge in [-0.3, -0.25) is 0 Å². The minimum Gasteiger partial charge on any atom is -0.421 e. The number of carbonyl (C=O) groups excluding carboxylic acids is 1. The molecule has 0 atom stereocenters. The summed E-state index contributed by atoms with van der Waals surface area (Å²) in [6, 6.07) is 5.70. The van der Waals surface area contributed by atoms with E-state index >= 15 is 0 Å². The van der Waals surface area contributed by atoms with Gasteiger partial charge in [-0.15, -0.1) is 0 Å². The monoisotopic (exact) mass is 250 g/mol. The van der Waals surface area contributed by atoms with Crippen molar-refractivity contribution in [2.24, 2.45) is 0 Å². The summed E-state index contributed by atoms with van der Waals surface area (Å²) in [5.74, 6) is -1.71. The molecule has 2 nitrogen and oxygen atoms in total. The quantitative estimate of drug-likeness (QED) is 0.457.